The molecule has 2 aromatic rings. The van der Waals surface area contributed by atoms with Crippen molar-refractivity contribution in [3.8, 4) is 0 Å². The predicted molar refractivity (Wildman–Crippen MR) is 67.8 cm³/mol. The Hall–Kier alpha value is -2.30. The molecule has 1 aromatic heterocycles. The zero-order chi connectivity index (χ0) is 12.5. The van der Waals surface area contributed by atoms with Crippen molar-refractivity contribution in [3.63, 3.8) is 0 Å². The lowest BCUT2D eigenvalue weighted by Gasteiger charge is -2.28. The molecule has 0 spiro atoms. The highest BCUT2D eigenvalue weighted by Crippen LogP contribution is 2.17. The number of rotatable bonds is 1. The second-order valence-electron chi connectivity index (χ2n) is 4.35. The number of nitrogens with zero attached hydrogens (tertiary/aromatic N) is 3. The van der Waals surface area contributed by atoms with E-state index in [4.69, 9.17) is 5.73 Å². The maximum absolute atomic E-state index is 12.4. The van der Waals surface area contributed by atoms with Gasteiger partial charge < -0.3 is 15.2 Å². The number of hydrogen-bond acceptors (Lipinski definition) is 3. The lowest BCUT2D eigenvalue weighted by molar-refractivity contribution is 0.0708. The molecule has 5 nitrogen and oxygen atoms in total. The first-order valence-corrected chi connectivity index (χ1v) is 5.89. The fourth-order valence-corrected chi connectivity index (χ4v) is 2.21. The van der Waals surface area contributed by atoms with E-state index in [1.165, 1.54) is 0 Å². The lowest BCUT2D eigenvalue weighted by atomic mass is 10.1. The highest BCUT2D eigenvalue weighted by molar-refractivity contribution is 5.99. The van der Waals surface area contributed by atoms with Gasteiger partial charge in [0.05, 0.1) is 12.1 Å². The maximum Gasteiger partial charge on any atom is 0.256 e. The molecule has 0 radical (unpaired) electrons. The zero-order valence-corrected chi connectivity index (χ0v) is 9.91. The summed E-state index contributed by atoms with van der Waals surface area (Å²) in [7, 11) is 0. The zero-order valence-electron chi connectivity index (χ0n) is 9.91. The standard InChI is InChI=1S/C13H14N4O/c14-11-4-2-1-3-10(11)13(18)17-8-7-16-6-5-15-12(16)9-17/h1-6H,7-9,14H2. The van der Waals surface area contributed by atoms with E-state index in [9.17, 15) is 4.79 Å². The first-order chi connectivity index (χ1) is 8.75. The van der Waals surface area contributed by atoms with Crippen LogP contribution >= 0.6 is 0 Å². The number of carbonyl (C=O) groups excluding carboxylic acids is 1. The van der Waals surface area contributed by atoms with Gasteiger partial charge >= 0.3 is 0 Å². The number of amides is 1. The van der Waals surface area contributed by atoms with Gasteiger partial charge in [0.25, 0.3) is 5.91 Å². The van der Waals surface area contributed by atoms with Gasteiger partial charge in [0, 0.05) is 31.2 Å². The normalized spacial score (nSPS) is 14.3. The molecule has 18 heavy (non-hydrogen) atoms. The first kappa shape index (κ1) is 10.8. The molecule has 1 aliphatic heterocycles. The van der Waals surface area contributed by atoms with Crippen molar-refractivity contribution in [2.24, 2.45) is 0 Å². The molecule has 0 bridgehead atoms. The van der Waals surface area contributed by atoms with Crippen LogP contribution in [0.2, 0.25) is 0 Å². The predicted octanol–water partition coefficient (Wildman–Crippen LogP) is 1.12. The molecule has 0 saturated carbocycles. The topological polar surface area (TPSA) is 64.2 Å². The summed E-state index contributed by atoms with van der Waals surface area (Å²) in [4.78, 5) is 18.4. The number of fused-ring (bicyclic) bond motifs is 1. The second-order valence-corrected chi connectivity index (χ2v) is 4.35. The van der Waals surface area contributed by atoms with Crippen molar-refractivity contribution < 1.29 is 4.79 Å². The van der Waals surface area contributed by atoms with Gasteiger partial charge in [-0.2, -0.15) is 0 Å². The molecule has 2 heterocycles. The molecule has 5 heteroatoms. The molecular weight excluding hydrogens is 228 g/mol. The van der Waals surface area contributed by atoms with Crippen molar-refractivity contribution in [1.29, 1.82) is 0 Å². The fraction of sp³-hybridized carbons (Fsp3) is 0.231. The summed E-state index contributed by atoms with van der Waals surface area (Å²) in [5, 5.41) is 0. The van der Waals surface area contributed by atoms with Crippen LogP contribution in [0.1, 0.15) is 16.2 Å². The second kappa shape index (κ2) is 4.18. The molecule has 92 valence electrons. The van der Waals surface area contributed by atoms with E-state index in [-0.39, 0.29) is 5.91 Å². The smallest absolute Gasteiger partial charge is 0.256 e. The number of nitrogens with two attached hydrogens (primary N) is 1. The minimum atomic E-state index is -0.0256. The van der Waals surface area contributed by atoms with E-state index in [1.807, 2.05) is 18.3 Å². The Morgan fingerprint density at radius 1 is 1.28 bits per heavy atom. The first-order valence-electron chi connectivity index (χ1n) is 5.89. The summed E-state index contributed by atoms with van der Waals surface area (Å²) in [6, 6.07) is 7.17. The number of para-hydroxylation sites is 1. The number of aromatic nitrogens is 2. The number of benzene rings is 1. The molecule has 0 atom stereocenters. The summed E-state index contributed by atoms with van der Waals surface area (Å²) < 4.78 is 2.07. The number of nitrogen functional groups attached to an aromatic ring is 1. The Labute approximate surface area is 105 Å². The van der Waals surface area contributed by atoms with Crippen molar-refractivity contribution in [3.05, 3.63) is 48.0 Å². The highest BCUT2D eigenvalue weighted by atomic mass is 16.2. The molecule has 3 rings (SSSR count). The van der Waals surface area contributed by atoms with Crippen LogP contribution in [0.15, 0.2) is 36.7 Å². The van der Waals surface area contributed by atoms with Gasteiger partial charge in [-0.05, 0) is 12.1 Å². The Kier molecular flexibility index (Phi) is 2.51. The Morgan fingerprint density at radius 2 is 2.11 bits per heavy atom. The number of carbonyl (C=O) groups is 1. The van der Waals surface area contributed by atoms with Crippen LogP contribution in [0.25, 0.3) is 0 Å². The third-order valence-electron chi connectivity index (χ3n) is 3.22. The van der Waals surface area contributed by atoms with Gasteiger partial charge in [0.1, 0.15) is 5.82 Å². The quantitative estimate of drug-likeness (QED) is 0.762. The van der Waals surface area contributed by atoms with Gasteiger partial charge in [-0.1, -0.05) is 12.1 Å². The van der Waals surface area contributed by atoms with Gasteiger partial charge in [-0.25, -0.2) is 4.98 Å². The van der Waals surface area contributed by atoms with Gasteiger partial charge in [-0.15, -0.1) is 0 Å². The molecule has 0 fully saturated rings. The molecule has 0 aliphatic carbocycles. The molecule has 0 unspecified atom stereocenters. The van der Waals surface area contributed by atoms with Crippen LogP contribution < -0.4 is 5.73 Å². The van der Waals surface area contributed by atoms with Crippen LogP contribution in [0.5, 0.6) is 0 Å². The molecule has 1 aromatic carbocycles. The lowest BCUT2D eigenvalue weighted by Crippen LogP contribution is -2.38. The molecule has 1 aliphatic rings. The Morgan fingerprint density at radius 3 is 2.94 bits per heavy atom. The van der Waals surface area contributed by atoms with E-state index in [2.05, 4.69) is 9.55 Å². The fourth-order valence-electron chi connectivity index (χ4n) is 2.21. The van der Waals surface area contributed by atoms with Crippen molar-refractivity contribution in [2.75, 3.05) is 12.3 Å². The van der Waals surface area contributed by atoms with Crippen LogP contribution in [0.3, 0.4) is 0 Å². The molecule has 1 amide bonds. The summed E-state index contributed by atoms with van der Waals surface area (Å²) in [6.45, 7) is 2.02. The van der Waals surface area contributed by atoms with Gasteiger partial charge in [0.15, 0.2) is 0 Å². The van der Waals surface area contributed by atoms with Crippen LogP contribution in [0, 0.1) is 0 Å². The van der Waals surface area contributed by atoms with E-state index in [0.717, 1.165) is 12.4 Å². The summed E-state index contributed by atoms with van der Waals surface area (Å²) in [5.41, 5.74) is 6.93. The van der Waals surface area contributed by atoms with Crippen molar-refractivity contribution in [2.45, 2.75) is 13.1 Å². The number of imidazole rings is 1. The average Bonchev–Trinajstić information content (AvgIpc) is 2.85. The third kappa shape index (κ3) is 1.73. The maximum atomic E-state index is 12.4. The Balaban J connectivity index is 1.85. The van der Waals surface area contributed by atoms with E-state index < -0.39 is 0 Å². The summed E-state index contributed by atoms with van der Waals surface area (Å²) in [5.74, 6) is 0.895. The highest BCUT2D eigenvalue weighted by Gasteiger charge is 2.23. The third-order valence-corrected chi connectivity index (χ3v) is 3.22. The van der Waals surface area contributed by atoms with Gasteiger partial charge in [-0.3, -0.25) is 4.79 Å². The minimum absolute atomic E-state index is 0.0256. The van der Waals surface area contributed by atoms with Crippen LogP contribution in [-0.2, 0) is 13.1 Å². The van der Waals surface area contributed by atoms with E-state index >= 15 is 0 Å². The minimum Gasteiger partial charge on any atom is -0.398 e. The average molecular weight is 242 g/mol. The largest absolute Gasteiger partial charge is 0.398 e. The number of hydrogen-bond donors (Lipinski definition) is 1. The monoisotopic (exact) mass is 242 g/mol. The number of anilines is 1. The van der Waals surface area contributed by atoms with E-state index in [0.29, 0.717) is 24.3 Å². The van der Waals surface area contributed by atoms with Crippen molar-refractivity contribution in [1.82, 2.24) is 14.5 Å². The Bertz CT molecular complexity index is 590. The molecule has 0 saturated heterocycles. The molecule has 2 N–H and O–H groups in total. The van der Waals surface area contributed by atoms with E-state index in [1.54, 1.807) is 23.2 Å². The summed E-state index contributed by atoms with van der Waals surface area (Å²) in [6.07, 6.45) is 3.70. The van der Waals surface area contributed by atoms with Crippen LogP contribution in [0.4, 0.5) is 5.69 Å². The van der Waals surface area contributed by atoms with Gasteiger partial charge in [0.2, 0.25) is 0 Å². The van der Waals surface area contributed by atoms with Crippen molar-refractivity contribution >= 4 is 11.6 Å². The van der Waals surface area contributed by atoms with Crippen LogP contribution in [-0.4, -0.2) is 26.9 Å². The SMILES string of the molecule is Nc1ccccc1C(=O)N1CCn2ccnc2C1. The summed E-state index contributed by atoms with van der Waals surface area (Å²) >= 11 is 0. The molecular formula is C13H14N4O.